The van der Waals surface area contributed by atoms with E-state index in [9.17, 15) is 14.9 Å². The highest BCUT2D eigenvalue weighted by molar-refractivity contribution is 5.93. The topological polar surface area (TPSA) is 103 Å². The second-order valence-electron chi connectivity index (χ2n) is 3.61. The van der Waals surface area contributed by atoms with Gasteiger partial charge in [0.25, 0.3) is 0 Å². The minimum absolute atomic E-state index is 0.162. The summed E-state index contributed by atoms with van der Waals surface area (Å²) in [5, 5.41) is 14.4. The summed E-state index contributed by atoms with van der Waals surface area (Å²) in [6.07, 6.45) is -0.496. The zero-order valence-electron chi connectivity index (χ0n) is 11.2. The van der Waals surface area contributed by atoms with Gasteiger partial charge in [-0.3, -0.25) is 4.79 Å². The summed E-state index contributed by atoms with van der Waals surface area (Å²) in [6, 6.07) is 6.64. The van der Waals surface area contributed by atoms with Crippen molar-refractivity contribution < 1.29 is 19.2 Å². The fourth-order valence-corrected chi connectivity index (χ4v) is 1.28. The van der Waals surface area contributed by atoms with Crippen LogP contribution in [0.25, 0.3) is 0 Å². The number of nitrogens with one attached hydrogen (secondary N) is 1. The third-order valence-electron chi connectivity index (χ3n) is 2.22. The fraction of sp³-hybridized carbons (Fsp3) is 0.333. The average molecular weight is 281 g/mol. The SMILES string of the molecule is CCOC(=O)CC(=NNc1ccc(OC)cc1)[N+](=O)[O-]. The molecule has 0 atom stereocenters. The standard InChI is InChI=1S/C12H15N3O5/c1-3-20-12(16)8-11(15(17)18)14-13-9-4-6-10(19-2)7-5-9/h4-7,13H,3,8H2,1-2H3. The number of amidine groups is 1. The van der Waals surface area contributed by atoms with Crippen LogP contribution in [0.3, 0.4) is 0 Å². The summed E-state index contributed by atoms with van der Waals surface area (Å²) in [4.78, 5) is 21.2. The molecule has 0 fully saturated rings. The Balaban J connectivity index is 2.71. The molecule has 0 bridgehead atoms. The number of nitro groups is 1. The Kier molecular flexibility index (Phi) is 5.95. The van der Waals surface area contributed by atoms with Gasteiger partial charge in [-0.1, -0.05) is 0 Å². The van der Waals surface area contributed by atoms with Crippen LogP contribution in [0.4, 0.5) is 5.69 Å². The Bertz CT molecular complexity index is 498. The summed E-state index contributed by atoms with van der Waals surface area (Å²) in [5.41, 5.74) is 3.04. The zero-order valence-corrected chi connectivity index (χ0v) is 11.2. The van der Waals surface area contributed by atoms with Crippen molar-refractivity contribution in [1.82, 2.24) is 0 Å². The lowest BCUT2D eigenvalue weighted by Crippen LogP contribution is -2.19. The van der Waals surface area contributed by atoms with E-state index in [-0.39, 0.29) is 6.61 Å². The van der Waals surface area contributed by atoms with Crippen LogP contribution >= 0.6 is 0 Å². The smallest absolute Gasteiger partial charge is 0.375 e. The lowest BCUT2D eigenvalue weighted by molar-refractivity contribution is -0.352. The maximum Gasteiger partial charge on any atom is 0.375 e. The van der Waals surface area contributed by atoms with E-state index in [1.54, 1.807) is 31.2 Å². The number of hydrogen-bond donors (Lipinski definition) is 1. The maximum atomic E-state index is 11.2. The molecule has 1 rings (SSSR count). The molecule has 0 aliphatic rings. The molecule has 0 unspecified atom stereocenters. The normalized spacial score (nSPS) is 10.8. The number of esters is 1. The van der Waals surface area contributed by atoms with Gasteiger partial charge in [-0.2, -0.15) is 5.43 Å². The van der Waals surface area contributed by atoms with Gasteiger partial charge in [0.05, 0.1) is 24.5 Å². The van der Waals surface area contributed by atoms with Crippen LogP contribution in [0, 0.1) is 10.1 Å². The van der Waals surface area contributed by atoms with Gasteiger partial charge in [0.15, 0.2) is 6.42 Å². The Hall–Kier alpha value is -2.64. The number of carbonyl (C=O) groups excluding carboxylic acids is 1. The second kappa shape index (κ2) is 7.72. The highest BCUT2D eigenvalue weighted by atomic mass is 16.6. The number of benzene rings is 1. The largest absolute Gasteiger partial charge is 0.497 e. The van der Waals surface area contributed by atoms with E-state index in [1.165, 1.54) is 7.11 Å². The van der Waals surface area contributed by atoms with Crippen LogP contribution < -0.4 is 10.2 Å². The van der Waals surface area contributed by atoms with Crippen molar-refractivity contribution in [2.75, 3.05) is 19.1 Å². The van der Waals surface area contributed by atoms with Crippen LogP contribution in [0.5, 0.6) is 5.75 Å². The van der Waals surface area contributed by atoms with Crippen LogP contribution in [-0.4, -0.2) is 30.4 Å². The molecular formula is C12H15N3O5. The van der Waals surface area contributed by atoms with Crippen molar-refractivity contribution >= 4 is 17.5 Å². The van der Waals surface area contributed by atoms with Gasteiger partial charge in [-0.25, -0.2) is 0 Å². The van der Waals surface area contributed by atoms with Crippen LogP contribution in [-0.2, 0) is 9.53 Å². The molecule has 1 aromatic carbocycles. The lowest BCUT2D eigenvalue weighted by atomic mass is 10.3. The number of hydrazone groups is 1. The van der Waals surface area contributed by atoms with Crippen molar-refractivity contribution in [2.24, 2.45) is 5.10 Å². The van der Waals surface area contributed by atoms with Crippen molar-refractivity contribution in [2.45, 2.75) is 13.3 Å². The number of anilines is 1. The first-order valence-corrected chi connectivity index (χ1v) is 5.83. The van der Waals surface area contributed by atoms with Crippen molar-refractivity contribution in [3.05, 3.63) is 34.4 Å². The Morgan fingerprint density at radius 1 is 1.40 bits per heavy atom. The third-order valence-corrected chi connectivity index (χ3v) is 2.22. The van der Waals surface area contributed by atoms with Crippen molar-refractivity contribution in [3.8, 4) is 5.75 Å². The van der Waals surface area contributed by atoms with Crippen LogP contribution in [0.2, 0.25) is 0 Å². The first-order valence-electron chi connectivity index (χ1n) is 5.83. The highest BCUT2D eigenvalue weighted by Crippen LogP contribution is 2.14. The zero-order chi connectivity index (χ0) is 15.0. The Morgan fingerprint density at radius 3 is 2.55 bits per heavy atom. The average Bonchev–Trinajstić information content (AvgIpc) is 2.44. The van der Waals surface area contributed by atoms with Crippen molar-refractivity contribution in [3.63, 3.8) is 0 Å². The number of carbonyl (C=O) groups is 1. The van der Waals surface area contributed by atoms with E-state index in [2.05, 4.69) is 15.3 Å². The van der Waals surface area contributed by atoms with E-state index in [0.717, 1.165) is 0 Å². The summed E-state index contributed by atoms with van der Waals surface area (Å²) in [5.74, 6) is -0.556. The minimum Gasteiger partial charge on any atom is -0.497 e. The summed E-state index contributed by atoms with van der Waals surface area (Å²) >= 11 is 0. The Labute approximate surface area is 115 Å². The molecule has 20 heavy (non-hydrogen) atoms. The summed E-state index contributed by atoms with van der Waals surface area (Å²) in [6.45, 7) is 1.78. The molecule has 0 spiro atoms. The van der Waals surface area contributed by atoms with E-state index < -0.39 is 23.1 Å². The number of nitrogens with zero attached hydrogens (tertiary/aromatic N) is 2. The molecule has 8 heteroatoms. The monoisotopic (exact) mass is 281 g/mol. The predicted molar refractivity (Wildman–Crippen MR) is 72.3 cm³/mol. The van der Waals surface area contributed by atoms with E-state index in [0.29, 0.717) is 11.4 Å². The number of ether oxygens (including phenoxy) is 2. The molecule has 8 nitrogen and oxygen atoms in total. The lowest BCUT2D eigenvalue weighted by Gasteiger charge is -2.01. The Morgan fingerprint density at radius 2 is 2.05 bits per heavy atom. The summed E-state index contributed by atoms with van der Waals surface area (Å²) < 4.78 is 9.62. The number of rotatable bonds is 6. The van der Waals surface area contributed by atoms with E-state index >= 15 is 0 Å². The molecule has 0 heterocycles. The van der Waals surface area contributed by atoms with Gasteiger partial charge in [0, 0.05) is 0 Å². The van der Waals surface area contributed by atoms with Crippen LogP contribution in [0.1, 0.15) is 13.3 Å². The number of hydrogen-bond acceptors (Lipinski definition) is 7. The quantitative estimate of drug-likeness (QED) is 0.279. The number of methoxy groups -OCH3 is 1. The molecular weight excluding hydrogens is 266 g/mol. The highest BCUT2D eigenvalue weighted by Gasteiger charge is 2.19. The minimum atomic E-state index is -0.729. The van der Waals surface area contributed by atoms with Gasteiger partial charge in [-0.05, 0) is 36.1 Å². The molecule has 0 aliphatic heterocycles. The van der Waals surface area contributed by atoms with Gasteiger partial charge in [0.1, 0.15) is 5.75 Å². The molecule has 0 aliphatic carbocycles. The van der Waals surface area contributed by atoms with E-state index in [4.69, 9.17) is 4.74 Å². The molecule has 0 radical (unpaired) electrons. The molecule has 108 valence electrons. The maximum absolute atomic E-state index is 11.2. The molecule has 0 amide bonds. The summed E-state index contributed by atoms with van der Waals surface area (Å²) in [7, 11) is 1.53. The van der Waals surface area contributed by atoms with Gasteiger partial charge < -0.3 is 19.6 Å². The molecule has 1 aromatic rings. The first kappa shape index (κ1) is 15.4. The van der Waals surface area contributed by atoms with Gasteiger partial charge in [0.2, 0.25) is 0 Å². The third kappa shape index (κ3) is 4.92. The molecule has 0 saturated heterocycles. The molecule has 1 N–H and O–H groups in total. The van der Waals surface area contributed by atoms with Gasteiger partial charge >= 0.3 is 11.8 Å². The second-order valence-corrected chi connectivity index (χ2v) is 3.61. The first-order chi connectivity index (χ1) is 9.56. The van der Waals surface area contributed by atoms with Crippen molar-refractivity contribution in [1.29, 1.82) is 0 Å². The molecule has 0 aromatic heterocycles. The fourth-order valence-electron chi connectivity index (χ4n) is 1.28. The van der Waals surface area contributed by atoms with E-state index in [1.807, 2.05) is 0 Å². The van der Waals surface area contributed by atoms with Gasteiger partial charge in [-0.15, -0.1) is 0 Å². The molecule has 0 saturated carbocycles. The van der Waals surface area contributed by atoms with Crippen LogP contribution in [0.15, 0.2) is 29.4 Å². The predicted octanol–water partition coefficient (Wildman–Crippen LogP) is 1.65.